The number of rotatable bonds is 11. The molecule has 21 heavy (non-hydrogen) atoms. The number of aliphatic hydroxyl groups excluding tert-OH is 1. The Morgan fingerprint density at radius 3 is 1.95 bits per heavy atom. The summed E-state index contributed by atoms with van der Waals surface area (Å²) in [5, 5.41) is 8.72. The maximum Gasteiger partial charge on any atom is 0.323 e. The molecule has 0 saturated heterocycles. The third-order valence-electron chi connectivity index (χ3n) is 3.00. The monoisotopic (exact) mass is 304 g/mol. The lowest BCUT2D eigenvalue weighted by Crippen LogP contribution is -2.44. The van der Waals surface area contributed by atoms with E-state index in [-0.39, 0.29) is 45.4 Å². The maximum absolute atomic E-state index is 12.4. The van der Waals surface area contributed by atoms with Crippen LogP contribution in [0, 0.1) is 11.3 Å². The van der Waals surface area contributed by atoms with Crippen molar-refractivity contribution in [1.29, 1.82) is 0 Å². The van der Waals surface area contributed by atoms with Gasteiger partial charge in [0.15, 0.2) is 5.41 Å². The molecule has 0 aliphatic carbocycles. The van der Waals surface area contributed by atoms with Gasteiger partial charge in [-0.05, 0) is 32.6 Å². The van der Waals surface area contributed by atoms with Gasteiger partial charge in [0.2, 0.25) is 0 Å². The molecule has 6 nitrogen and oxygen atoms in total. The fourth-order valence-electron chi connectivity index (χ4n) is 2.20. The summed E-state index contributed by atoms with van der Waals surface area (Å²) in [6.45, 7) is 7.93. The molecule has 6 heteroatoms. The lowest BCUT2D eigenvalue weighted by Gasteiger charge is -2.30. The molecule has 0 aliphatic rings. The van der Waals surface area contributed by atoms with Gasteiger partial charge in [-0.1, -0.05) is 13.8 Å². The number of ether oxygens (including phenoxy) is 3. The van der Waals surface area contributed by atoms with Crippen LogP contribution in [0.1, 0.15) is 40.5 Å². The van der Waals surface area contributed by atoms with Crippen molar-refractivity contribution in [3.05, 3.63) is 0 Å². The highest BCUT2D eigenvalue weighted by atomic mass is 16.6. The van der Waals surface area contributed by atoms with Gasteiger partial charge in [-0.2, -0.15) is 0 Å². The van der Waals surface area contributed by atoms with E-state index in [4.69, 9.17) is 19.3 Å². The van der Waals surface area contributed by atoms with Crippen molar-refractivity contribution in [2.75, 3.05) is 33.0 Å². The number of carbonyl (C=O) groups excluding carboxylic acids is 2. The van der Waals surface area contributed by atoms with Gasteiger partial charge in [-0.3, -0.25) is 9.59 Å². The fourth-order valence-corrected chi connectivity index (χ4v) is 2.20. The van der Waals surface area contributed by atoms with Gasteiger partial charge in [-0.15, -0.1) is 0 Å². The standard InChI is InChI=1S/C15H28O6/c1-5-20-13(17)15(11-12(3)4,14(18)21-6-2)7-9-19-10-8-16/h12,16H,5-11H2,1-4H3. The summed E-state index contributed by atoms with van der Waals surface area (Å²) >= 11 is 0. The van der Waals surface area contributed by atoms with Crippen molar-refractivity contribution in [1.82, 2.24) is 0 Å². The van der Waals surface area contributed by atoms with Gasteiger partial charge in [0.1, 0.15) is 0 Å². The molecule has 0 bridgehead atoms. The molecule has 124 valence electrons. The van der Waals surface area contributed by atoms with Crippen LogP contribution in [0.4, 0.5) is 0 Å². The largest absolute Gasteiger partial charge is 0.465 e. The van der Waals surface area contributed by atoms with Crippen LogP contribution in [0.25, 0.3) is 0 Å². The molecule has 0 aromatic carbocycles. The quantitative estimate of drug-likeness (QED) is 0.354. The second kappa shape index (κ2) is 10.6. The van der Waals surface area contributed by atoms with Gasteiger partial charge in [0.25, 0.3) is 0 Å². The molecule has 0 rings (SSSR count). The van der Waals surface area contributed by atoms with E-state index in [1.54, 1.807) is 13.8 Å². The van der Waals surface area contributed by atoms with E-state index >= 15 is 0 Å². The van der Waals surface area contributed by atoms with Crippen LogP contribution in [0.15, 0.2) is 0 Å². The molecule has 0 saturated carbocycles. The second-order valence-electron chi connectivity index (χ2n) is 5.21. The molecule has 0 heterocycles. The Morgan fingerprint density at radius 1 is 1.05 bits per heavy atom. The molecule has 0 radical (unpaired) electrons. The average Bonchev–Trinajstić information content (AvgIpc) is 2.42. The number of carbonyl (C=O) groups is 2. The highest BCUT2D eigenvalue weighted by molar-refractivity contribution is 6.00. The second-order valence-corrected chi connectivity index (χ2v) is 5.21. The van der Waals surface area contributed by atoms with Crippen molar-refractivity contribution < 1.29 is 28.9 Å². The number of hydrogen-bond donors (Lipinski definition) is 1. The summed E-state index contributed by atoms with van der Waals surface area (Å²) in [6, 6.07) is 0. The van der Waals surface area contributed by atoms with E-state index in [1.807, 2.05) is 13.8 Å². The lowest BCUT2D eigenvalue weighted by molar-refractivity contribution is -0.175. The first-order valence-corrected chi connectivity index (χ1v) is 7.47. The van der Waals surface area contributed by atoms with Crippen molar-refractivity contribution in [3.8, 4) is 0 Å². The van der Waals surface area contributed by atoms with E-state index in [1.165, 1.54) is 0 Å². The van der Waals surface area contributed by atoms with Gasteiger partial charge in [0, 0.05) is 6.61 Å². The van der Waals surface area contributed by atoms with Crippen molar-refractivity contribution in [2.45, 2.75) is 40.5 Å². The zero-order chi connectivity index (χ0) is 16.3. The highest BCUT2D eigenvalue weighted by Crippen LogP contribution is 2.34. The van der Waals surface area contributed by atoms with Crippen molar-refractivity contribution in [3.63, 3.8) is 0 Å². The van der Waals surface area contributed by atoms with Crippen molar-refractivity contribution in [2.24, 2.45) is 11.3 Å². The first kappa shape index (κ1) is 19.9. The fraction of sp³-hybridized carbons (Fsp3) is 0.867. The minimum absolute atomic E-state index is 0.101. The Kier molecular flexibility index (Phi) is 9.99. The minimum atomic E-state index is -1.34. The molecule has 0 aromatic rings. The topological polar surface area (TPSA) is 82.1 Å². The molecule has 0 aliphatic heterocycles. The predicted octanol–water partition coefficient (Wildman–Crippen LogP) is 1.54. The van der Waals surface area contributed by atoms with E-state index < -0.39 is 17.4 Å². The molecular weight excluding hydrogens is 276 g/mol. The van der Waals surface area contributed by atoms with E-state index in [0.29, 0.717) is 6.42 Å². The Bertz CT molecular complexity index is 295. The van der Waals surface area contributed by atoms with Crippen LogP contribution < -0.4 is 0 Å². The Labute approximate surface area is 126 Å². The Hall–Kier alpha value is -1.14. The lowest BCUT2D eigenvalue weighted by atomic mass is 9.77. The number of hydrogen-bond acceptors (Lipinski definition) is 6. The van der Waals surface area contributed by atoms with Crippen LogP contribution in [0.2, 0.25) is 0 Å². The van der Waals surface area contributed by atoms with E-state index in [9.17, 15) is 9.59 Å². The van der Waals surface area contributed by atoms with Crippen LogP contribution in [-0.2, 0) is 23.8 Å². The minimum Gasteiger partial charge on any atom is -0.465 e. The van der Waals surface area contributed by atoms with Gasteiger partial charge < -0.3 is 19.3 Å². The first-order valence-electron chi connectivity index (χ1n) is 7.47. The summed E-state index contributed by atoms with van der Waals surface area (Å²) in [5.41, 5.74) is -1.34. The van der Waals surface area contributed by atoms with E-state index in [0.717, 1.165) is 0 Å². The average molecular weight is 304 g/mol. The van der Waals surface area contributed by atoms with Gasteiger partial charge in [-0.25, -0.2) is 0 Å². The smallest absolute Gasteiger partial charge is 0.323 e. The normalized spacial score (nSPS) is 11.5. The summed E-state index contributed by atoms with van der Waals surface area (Å²) in [6.07, 6.45) is 0.524. The first-order chi connectivity index (χ1) is 9.94. The van der Waals surface area contributed by atoms with Crippen LogP contribution in [0.3, 0.4) is 0 Å². The summed E-state index contributed by atoms with van der Waals surface area (Å²) < 4.78 is 15.4. The SMILES string of the molecule is CCOC(=O)C(CCOCCO)(CC(C)C)C(=O)OCC. The molecule has 0 spiro atoms. The molecular formula is C15H28O6. The van der Waals surface area contributed by atoms with Crippen LogP contribution >= 0.6 is 0 Å². The van der Waals surface area contributed by atoms with Gasteiger partial charge in [0.05, 0.1) is 26.4 Å². The third-order valence-corrected chi connectivity index (χ3v) is 3.00. The van der Waals surface area contributed by atoms with Crippen molar-refractivity contribution >= 4 is 11.9 Å². The molecule has 0 fully saturated rings. The molecule has 0 unspecified atom stereocenters. The zero-order valence-corrected chi connectivity index (χ0v) is 13.5. The summed E-state index contributed by atoms with van der Waals surface area (Å²) in [4.78, 5) is 24.7. The summed E-state index contributed by atoms with van der Waals surface area (Å²) in [7, 11) is 0. The predicted molar refractivity (Wildman–Crippen MR) is 77.7 cm³/mol. The Balaban J connectivity index is 5.18. The molecule has 0 amide bonds. The summed E-state index contributed by atoms with van der Waals surface area (Å²) in [5.74, 6) is -1.01. The highest BCUT2D eigenvalue weighted by Gasteiger charge is 2.48. The number of esters is 2. The third kappa shape index (κ3) is 6.44. The van der Waals surface area contributed by atoms with Gasteiger partial charge >= 0.3 is 11.9 Å². The van der Waals surface area contributed by atoms with Crippen LogP contribution in [-0.4, -0.2) is 50.1 Å². The molecule has 1 N–H and O–H groups in total. The van der Waals surface area contributed by atoms with E-state index in [2.05, 4.69) is 0 Å². The number of aliphatic hydroxyl groups is 1. The van der Waals surface area contributed by atoms with Crippen LogP contribution in [0.5, 0.6) is 0 Å². The molecule has 0 atom stereocenters. The maximum atomic E-state index is 12.4. The zero-order valence-electron chi connectivity index (χ0n) is 13.5. The Morgan fingerprint density at radius 2 is 1.57 bits per heavy atom. The molecule has 0 aromatic heterocycles.